The molecule has 1 aromatic rings. The van der Waals surface area contributed by atoms with Crippen molar-refractivity contribution in [1.29, 1.82) is 0 Å². The van der Waals surface area contributed by atoms with E-state index < -0.39 is 15.7 Å². The molecule has 3 aliphatic rings. The number of piperazine rings is 1. The summed E-state index contributed by atoms with van der Waals surface area (Å²) in [6.45, 7) is 2.89. The first-order chi connectivity index (χ1) is 15.2. The molecule has 32 heavy (non-hydrogen) atoms. The molecule has 0 spiro atoms. The van der Waals surface area contributed by atoms with Crippen molar-refractivity contribution in [2.75, 3.05) is 32.5 Å². The van der Waals surface area contributed by atoms with E-state index in [-0.39, 0.29) is 15.9 Å². The van der Waals surface area contributed by atoms with Crippen LogP contribution in [0.3, 0.4) is 0 Å². The Morgan fingerprint density at radius 1 is 1.16 bits per heavy atom. The average molecular weight is 485 g/mol. The Labute approximate surface area is 195 Å². The minimum atomic E-state index is -3.44. The molecule has 4 rings (SSSR count). The molecule has 1 unspecified atom stereocenters. The molecule has 1 aromatic carbocycles. The number of halogens is 1. The normalized spacial score (nSPS) is 27.7. The molecule has 1 saturated heterocycles. The molecule has 2 saturated carbocycles. The van der Waals surface area contributed by atoms with Gasteiger partial charge in [0.15, 0.2) is 21.4 Å². The standard InChI is InChI=1S/C23H33FN2O4S2/c1-32(28,29)19-9-10-22(20(24)13-19)30-15-16-5-7-18(8-6-16)26-12-11-25(23(27)31)14-21(26)17-3-2-4-17/h9-10,13,16-18,21H,2-8,11-12,14-15H2,1H3,(H,27,31). The van der Waals surface area contributed by atoms with Gasteiger partial charge in [-0.15, -0.1) is 0 Å². The van der Waals surface area contributed by atoms with E-state index in [1.807, 2.05) is 4.90 Å². The van der Waals surface area contributed by atoms with Gasteiger partial charge in [-0.25, -0.2) is 12.8 Å². The highest BCUT2D eigenvalue weighted by Crippen LogP contribution is 2.38. The number of thiol groups is 1. The monoisotopic (exact) mass is 484 g/mol. The Bertz CT molecular complexity index is 930. The molecular formula is C23H33FN2O4S2. The molecule has 9 heteroatoms. The molecule has 2 aliphatic carbocycles. The van der Waals surface area contributed by atoms with Crippen LogP contribution in [0.25, 0.3) is 0 Å². The molecule has 1 amide bonds. The minimum absolute atomic E-state index is 0.0383. The molecule has 0 aromatic heterocycles. The summed E-state index contributed by atoms with van der Waals surface area (Å²) in [6, 6.07) is 4.79. The van der Waals surface area contributed by atoms with Gasteiger partial charge in [0, 0.05) is 38.0 Å². The number of carbonyl (C=O) groups excluding carboxylic acids is 1. The average Bonchev–Trinajstić information content (AvgIpc) is 2.71. The van der Waals surface area contributed by atoms with Gasteiger partial charge in [-0.2, -0.15) is 0 Å². The van der Waals surface area contributed by atoms with E-state index in [0.29, 0.717) is 30.5 Å². The summed E-state index contributed by atoms with van der Waals surface area (Å²) < 4.78 is 43.1. The van der Waals surface area contributed by atoms with Crippen LogP contribution in [0.2, 0.25) is 0 Å². The predicted molar refractivity (Wildman–Crippen MR) is 125 cm³/mol. The topological polar surface area (TPSA) is 66.9 Å². The summed E-state index contributed by atoms with van der Waals surface area (Å²) in [5, 5.41) is -0.119. The van der Waals surface area contributed by atoms with Gasteiger partial charge in [-0.3, -0.25) is 9.69 Å². The largest absolute Gasteiger partial charge is 0.490 e. The van der Waals surface area contributed by atoms with Crippen molar-refractivity contribution in [3.05, 3.63) is 24.0 Å². The quantitative estimate of drug-likeness (QED) is 0.618. The molecule has 6 nitrogen and oxygen atoms in total. The maximum absolute atomic E-state index is 14.3. The molecule has 1 atom stereocenters. The summed E-state index contributed by atoms with van der Waals surface area (Å²) in [7, 11) is -3.44. The van der Waals surface area contributed by atoms with E-state index in [4.69, 9.17) is 4.74 Å². The number of ether oxygens (including phenoxy) is 1. The lowest BCUT2D eigenvalue weighted by molar-refractivity contribution is -0.00980. The second-order valence-electron chi connectivity index (χ2n) is 9.57. The fourth-order valence-corrected chi connectivity index (χ4v) is 6.19. The first kappa shape index (κ1) is 23.8. The molecule has 0 radical (unpaired) electrons. The molecular weight excluding hydrogens is 451 g/mol. The summed E-state index contributed by atoms with van der Waals surface area (Å²) in [5.41, 5.74) is 0. The van der Waals surface area contributed by atoms with E-state index >= 15 is 0 Å². The van der Waals surface area contributed by atoms with Gasteiger partial charge < -0.3 is 9.64 Å². The number of carbonyl (C=O) groups is 1. The smallest absolute Gasteiger partial charge is 0.278 e. The number of hydrogen-bond acceptors (Lipinski definition) is 5. The third-order valence-electron chi connectivity index (χ3n) is 7.52. The molecule has 3 fully saturated rings. The van der Waals surface area contributed by atoms with Crippen molar-refractivity contribution in [2.45, 2.75) is 61.9 Å². The van der Waals surface area contributed by atoms with Crippen molar-refractivity contribution >= 4 is 27.7 Å². The highest BCUT2D eigenvalue weighted by Gasteiger charge is 2.40. The number of hydrogen-bond donors (Lipinski definition) is 1. The first-order valence-electron chi connectivity index (χ1n) is 11.6. The zero-order valence-corrected chi connectivity index (χ0v) is 20.3. The molecule has 0 N–H and O–H groups in total. The van der Waals surface area contributed by atoms with Crippen molar-refractivity contribution < 1.29 is 22.3 Å². The van der Waals surface area contributed by atoms with Crippen molar-refractivity contribution in [3.8, 4) is 5.75 Å². The SMILES string of the molecule is CS(=O)(=O)c1ccc(OCC2CCC(N3CCN(C(=O)S)CC3C3CCC3)CC2)c(F)c1. The van der Waals surface area contributed by atoms with Crippen LogP contribution in [0.4, 0.5) is 9.18 Å². The summed E-state index contributed by atoms with van der Waals surface area (Å²) in [6.07, 6.45) is 9.07. The van der Waals surface area contributed by atoms with E-state index in [0.717, 1.165) is 57.6 Å². The first-order valence-corrected chi connectivity index (χ1v) is 13.9. The molecule has 178 valence electrons. The van der Waals surface area contributed by atoms with Gasteiger partial charge in [-0.05, 0) is 68.6 Å². The second kappa shape index (κ2) is 9.89. The van der Waals surface area contributed by atoms with Crippen molar-refractivity contribution in [1.82, 2.24) is 9.80 Å². The maximum atomic E-state index is 14.3. The molecule has 1 aliphatic heterocycles. The van der Waals surface area contributed by atoms with E-state index in [1.165, 1.54) is 31.4 Å². The Kier molecular flexibility index (Phi) is 7.36. The molecule has 0 bridgehead atoms. The van der Waals surface area contributed by atoms with Crippen LogP contribution in [0.5, 0.6) is 5.75 Å². The Balaban J connectivity index is 1.30. The van der Waals surface area contributed by atoms with Gasteiger partial charge in [0.05, 0.1) is 11.5 Å². The van der Waals surface area contributed by atoms with Gasteiger partial charge in [-0.1, -0.05) is 19.0 Å². The van der Waals surface area contributed by atoms with Crippen LogP contribution < -0.4 is 4.74 Å². The lowest BCUT2D eigenvalue weighted by atomic mass is 9.76. The fraction of sp³-hybridized carbons (Fsp3) is 0.696. The number of rotatable bonds is 6. The summed E-state index contributed by atoms with van der Waals surface area (Å²) >= 11 is 4.04. The van der Waals surface area contributed by atoms with Crippen LogP contribution >= 0.6 is 12.6 Å². The molecule has 1 heterocycles. The second-order valence-corrected chi connectivity index (χ2v) is 12.0. The minimum Gasteiger partial charge on any atom is -0.490 e. The van der Waals surface area contributed by atoms with Gasteiger partial charge in [0.2, 0.25) is 0 Å². The third-order valence-corrected chi connectivity index (χ3v) is 8.91. The van der Waals surface area contributed by atoms with Crippen LogP contribution in [0.1, 0.15) is 44.9 Å². The number of benzene rings is 1. The summed E-state index contributed by atoms with van der Waals surface area (Å²) in [5.74, 6) is 0.519. The van der Waals surface area contributed by atoms with Crippen molar-refractivity contribution in [2.24, 2.45) is 11.8 Å². The predicted octanol–water partition coefficient (Wildman–Crippen LogP) is 4.00. The van der Waals surface area contributed by atoms with E-state index in [2.05, 4.69) is 17.5 Å². The van der Waals surface area contributed by atoms with Crippen LogP contribution in [-0.2, 0) is 9.84 Å². The Morgan fingerprint density at radius 2 is 1.88 bits per heavy atom. The maximum Gasteiger partial charge on any atom is 0.278 e. The lowest BCUT2D eigenvalue weighted by Gasteiger charge is -2.51. The van der Waals surface area contributed by atoms with Crippen molar-refractivity contribution in [3.63, 3.8) is 0 Å². The van der Waals surface area contributed by atoms with Crippen LogP contribution in [0.15, 0.2) is 23.1 Å². The summed E-state index contributed by atoms with van der Waals surface area (Å²) in [4.78, 5) is 16.3. The van der Waals surface area contributed by atoms with Crippen LogP contribution in [0, 0.1) is 17.7 Å². The lowest BCUT2D eigenvalue weighted by Crippen LogP contribution is -2.60. The third kappa shape index (κ3) is 5.42. The zero-order valence-electron chi connectivity index (χ0n) is 18.6. The fourth-order valence-electron chi connectivity index (χ4n) is 5.38. The van der Waals surface area contributed by atoms with E-state index in [9.17, 15) is 17.6 Å². The number of sulfone groups is 1. The van der Waals surface area contributed by atoms with E-state index in [1.54, 1.807) is 0 Å². The number of amides is 1. The zero-order chi connectivity index (χ0) is 22.9. The highest BCUT2D eigenvalue weighted by atomic mass is 32.2. The highest BCUT2D eigenvalue weighted by molar-refractivity contribution is 7.96. The number of nitrogens with zero attached hydrogens (tertiary/aromatic N) is 2. The Morgan fingerprint density at radius 3 is 2.44 bits per heavy atom. The van der Waals surface area contributed by atoms with Gasteiger partial charge >= 0.3 is 0 Å². The van der Waals surface area contributed by atoms with Gasteiger partial charge in [0.1, 0.15) is 0 Å². The van der Waals surface area contributed by atoms with Gasteiger partial charge in [0.25, 0.3) is 5.24 Å². The van der Waals surface area contributed by atoms with Crippen LogP contribution in [-0.4, -0.2) is 68.0 Å². The Hall–Kier alpha value is -1.32.